The Morgan fingerprint density at radius 3 is 1.80 bits per heavy atom. The van der Waals surface area contributed by atoms with Gasteiger partial charge in [0.1, 0.15) is 6.61 Å². The molecule has 0 radical (unpaired) electrons. The van der Waals surface area contributed by atoms with Crippen LogP contribution in [0, 0.1) is 0 Å². The molecule has 0 aliphatic rings. The lowest BCUT2D eigenvalue weighted by molar-refractivity contribution is -0.155. The normalized spacial score (nSPS) is 12.7. The van der Waals surface area contributed by atoms with E-state index in [1.54, 1.807) is 0 Å². The van der Waals surface area contributed by atoms with Crippen molar-refractivity contribution >= 4 is 30.8 Å². The van der Waals surface area contributed by atoms with Crippen LogP contribution in [0.2, 0.25) is 0 Å². The molecule has 0 fully saturated rings. The number of nitrogens with one attached hydrogen (secondary N) is 1. The molecule has 0 bridgehead atoms. The highest BCUT2D eigenvalue weighted by atomic mass is 31.1. The Labute approximate surface area is 176 Å². The Morgan fingerprint density at radius 2 is 1.33 bits per heavy atom. The van der Waals surface area contributed by atoms with Crippen molar-refractivity contribution in [2.24, 2.45) is 0 Å². The smallest absolute Gasteiger partial charge is 0.410 e. The molecule has 7 heteroatoms. The molecule has 0 saturated carbocycles. The monoisotopic (exact) mass is 423 g/mol. The number of hydrogen-bond donors (Lipinski definition) is 2. The van der Waals surface area contributed by atoms with Crippen molar-refractivity contribution in [1.29, 1.82) is 0 Å². The highest BCUT2D eigenvalue weighted by Gasteiger charge is 2.40. The first kappa shape index (κ1) is 21.5. The maximum Gasteiger partial charge on any atom is 0.410 e. The topological polar surface area (TPSA) is 84.9 Å². The summed E-state index contributed by atoms with van der Waals surface area (Å²) >= 11 is 0. The van der Waals surface area contributed by atoms with Crippen molar-refractivity contribution < 1.29 is 24.0 Å². The standard InChI is InChI=1S/C23H22NO5P/c1-23(21(25)26,24-22(27)28-17-18-11-5-2-6-12-18)29-30(19-13-7-3-8-14-19)20-15-9-4-10-16-20/h2-16H,17H2,1H3,(H,24,27)(H,25,26). The first-order valence-corrected chi connectivity index (χ1v) is 10.6. The van der Waals surface area contributed by atoms with Gasteiger partial charge in [0.05, 0.1) is 8.15 Å². The van der Waals surface area contributed by atoms with Crippen LogP contribution in [0.3, 0.4) is 0 Å². The summed E-state index contributed by atoms with van der Waals surface area (Å²) in [5, 5.41) is 13.8. The van der Waals surface area contributed by atoms with E-state index in [9.17, 15) is 14.7 Å². The number of carbonyl (C=O) groups excluding carboxylic acids is 1. The van der Waals surface area contributed by atoms with Crippen molar-refractivity contribution in [2.75, 3.05) is 0 Å². The third kappa shape index (κ3) is 5.66. The zero-order chi connectivity index (χ0) is 21.4. The number of ether oxygens (including phenoxy) is 1. The summed E-state index contributed by atoms with van der Waals surface area (Å²) in [5.41, 5.74) is -1.19. The molecule has 6 nitrogen and oxygen atoms in total. The molecule has 154 valence electrons. The molecule has 0 aromatic heterocycles. The van der Waals surface area contributed by atoms with Gasteiger partial charge in [0.15, 0.2) is 0 Å². The van der Waals surface area contributed by atoms with Crippen LogP contribution in [0.4, 0.5) is 4.79 Å². The predicted octanol–water partition coefficient (Wildman–Crippen LogP) is 3.78. The Kier molecular flexibility index (Phi) is 7.17. The average Bonchev–Trinajstić information content (AvgIpc) is 2.78. The molecule has 1 unspecified atom stereocenters. The molecule has 30 heavy (non-hydrogen) atoms. The van der Waals surface area contributed by atoms with Crippen LogP contribution in [-0.4, -0.2) is 22.9 Å². The molecular formula is C23H22NO5P. The molecule has 0 aliphatic heterocycles. The number of amides is 1. The average molecular weight is 423 g/mol. The quantitative estimate of drug-likeness (QED) is 0.426. The second-order valence-corrected chi connectivity index (χ2v) is 8.39. The van der Waals surface area contributed by atoms with Gasteiger partial charge in [-0.1, -0.05) is 91.0 Å². The van der Waals surface area contributed by atoms with Gasteiger partial charge in [-0.05, 0) is 12.5 Å². The molecule has 0 heterocycles. The lowest BCUT2D eigenvalue weighted by Gasteiger charge is -2.31. The van der Waals surface area contributed by atoms with Gasteiger partial charge in [0.25, 0.3) is 0 Å². The summed E-state index contributed by atoms with van der Waals surface area (Å²) in [6.07, 6.45) is -0.875. The molecule has 0 aliphatic carbocycles. The minimum absolute atomic E-state index is 0.0223. The van der Waals surface area contributed by atoms with Crippen LogP contribution in [0.5, 0.6) is 0 Å². The lowest BCUT2D eigenvalue weighted by atomic mass is 10.2. The predicted molar refractivity (Wildman–Crippen MR) is 116 cm³/mol. The number of carboxylic acid groups (broad SMARTS) is 1. The first-order chi connectivity index (χ1) is 14.5. The van der Waals surface area contributed by atoms with Crippen molar-refractivity contribution in [3.05, 3.63) is 96.6 Å². The highest BCUT2D eigenvalue weighted by Crippen LogP contribution is 2.39. The van der Waals surface area contributed by atoms with Crippen molar-refractivity contribution in [3.63, 3.8) is 0 Å². The number of aliphatic carboxylic acids is 1. The van der Waals surface area contributed by atoms with Crippen molar-refractivity contribution in [2.45, 2.75) is 19.3 Å². The minimum Gasteiger partial charge on any atom is -0.478 e. The van der Waals surface area contributed by atoms with E-state index < -0.39 is 25.9 Å². The number of carboxylic acids is 1. The number of rotatable bonds is 8. The zero-order valence-electron chi connectivity index (χ0n) is 16.4. The summed E-state index contributed by atoms with van der Waals surface area (Å²) in [5.74, 6) is -1.32. The third-order valence-corrected chi connectivity index (χ3v) is 6.30. The van der Waals surface area contributed by atoms with E-state index in [-0.39, 0.29) is 6.61 Å². The largest absolute Gasteiger partial charge is 0.478 e. The van der Waals surface area contributed by atoms with Gasteiger partial charge in [0, 0.05) is 10.6 Å². The fourth-order valence-electron chi connectivity index (χ4n) is 2.63. The Morgan fingerprint density at radius 1 is 0.867 bits per heavy atom. The number of benzene rings is 3. The Balaban J connectivity index is 1.78. The van der Waals surface area contributed by atoms with Crippen LogP contribution in [-0.2, 0) is 20.7 Å². The molecular weight excluding hydrogens is 401 g/mol. The first-order valence-electron chi connectivity index (χ1n) is 9.29. The maximum atomic E-state index is 12.3. The van der Waals surface area contributed by atoms with Gasteiger partial charge in [-0.15, -0.1) is 0 Å². The van der Waals surface area contributed by atoms with Crippen LogP contribution in [0.1, 0.15) is 12.5 Å². The van der Waals surface area contributed by atoms with Crippen molar-refractivity contribution in [3.8, 4) is 0 Å². The molecule has 1 atom stereocenters. The van der Waals surface area contributed by atoms with E-state index in [0.29, 0.717) is 0 Å². The lowest BCUT2D eigenvalue weighted by Crippen LogP contribution is -2.54. The minimum atomic E-state index is -1.98. The van der Waals surface area contributed by atoms with Gasteiger partial charge in [0.2, 0.25) is 5.72 Å². The number of carbonyl (C=O) groups is 2. The summed E-state index contributed by atoms with van der Waals surface area (Å²) in [6, 6.07) is 27.8. The number of hydrogen-bond acceptors (Lipinski definition) is 4. The van der Waals surface area contributed by atoms with Gasteiger partial charge in [-0.3, -0.25) is 5.32 Å². The van der Waals surface area contributed by atoms with Crippen molar-refractivity contribution in [1.82, 2.24) is 5.32 Å². The summed E-state index contributed by atoms with van der Waals surface area (Å²) < 4.78 is 11.2. The van der Waals surface area contributed by atoms with Crippen LogP contribution < -0.4 is 15.9 Å². The van der Waals surface area contributed by atoms with E-state index in [2.05, 4.69) is 5.32 Å². The SMILES string of the molecule is CC(NC(=O)OCc1ccccc1)(OP(c1ccccc1)c1ccccc1)C(=O)O. The summed E-state index contributed by atoms with van der Waals surface area (Å²) in [7, 11) is -1.51. The maximum absolute atomic E-state index is 12.3. The molecule has 3 aromatic rings. The molecule has 0 spiro atoms. The van der Waals surface area contributed by atoms with E-state index in [4.69, 9.17) is 9.26 Å². The van der Waals surface area contributed by atoms with E-state index in [1.165, 1.54) is 6.92 Å². The molecule has 3 aromatic carbocycles. The second kappa shape index (κ2) is 10.0. The van der Waals surface area contributed by atoms with E-state index >= 15 is 0 Å². The fourth-order valence-corrected chi connectivity index (χ4v) is 4.52. The molecule has 1 amide bonds. The van der Waals surface area contributed by atoms with Crippen LogP contribution in [0.15, 0.2) is 91.0 Å². The Hall–Kier alpha value is -3.21. The van der Waals surface area contributed by atoms with E-state index in [1.807, 2.05) is 91.0 Å². The van der Waals surface area contributed by atoms with Crippen LogP contribution >= 0.6 is 8.15 Å². The summed E-state index contributed by atoms with van der Waals surface area (Å²) in [4.78, 5) is 24.4. The zero-order valence-corrected chi connectivity index (χ0v) is 17.3. The van der Waals surface area contributed by atoms with Gasteiger partial charge in [-0.25, -0.2) is 9.59 Å². The van der Waals surface area contributed by atoms with Gasteiger partial charge in [-0.2, -0.15) is 0 Å². The molecule has 2 N–H and O–H groups in total. The fraction of sp³-hybridized carbons (Fsp3) is 0.130. The second-order valence-electron chi connectivity index (χ2n) is 6.58. The highest BCUT2D eigenvalue weighted by molar-refractivity contribution is 7.68. The van der Waals surface area contributed by atoms with E-state index in [0.717, 1.165) is 16.2 Å². The molecule has 0 saturated heterocycles. The van der Waals surface area contributed by atoms with Crippen LogP contribution in [0.25, 0.3) is 0 Å². The summed E-state index contributed by atoms with van der Waals surface area (Å²) in [6.45, 7) is 1.33. The number of alkyl carbamates (subject to hydrolysis) is 1. The van der Waals surface area contributed by atoms with Gasteiger partial charge < -0.3 is 14.4 Å². The third-order valence-electron chi connectivity index (χ3n) is 4.22. The Bertz CT molecular complexity index is 929. The van der Waals surface area contributed by atoms with Gasteiger partial charge >= 0.3 is 12.1 Å². The molecule has 3 rings (SSSR count).